The first-order valence-electron chi connectivity index (χ1n) is 6.13. The van der Waals surface area contributed by atoms with Crippen molar-refractivity contribution in [3.8, 4) is 0 Å². The van der Waals surface area contributed by atoms with E-state index in [1.54, 1.807) is 12.4 Å². The van der Waals surface area contributed by atoms with Gasteiger partial charge in [0.2, 0.25) is 0 Å². The topological polar surface area (TPSA) is 55.1 Å². The molecule has 0 atom stereocenters. The molecule has 0 aromatic carbocycles. The number of nitrogens with one attached hydrogen (secondary N) is 1. The largest absolute Gasteiger partial charge is 0.369 e. The number of hydrogen-bond acceptors (Lipinski definition) is 5. The highest BCUT2D eigenvalue weighted by molar-refractivity contribution is 9.10. The first-order valence-corrected chi connectivity index (χ1v) is 7.74. The minimum Gasteiger partial charge on any atom is -0.369 e. The van der Waals surface area contributed by atoms with Crippen molar-refractivity contribution < 1.29 is 0 Å². The molecule has 3 aromatic rings. The molecular weight excluding hydrogens is 338 g/mol. The van der Waals surface area contributed by atoms with E-state index in [4.69, 9.17) is 0 Å². The Hall–Kier alpha value is -1.60. The Kier molecular flexibility index (Phi) is 3.88. The molecule has 0 saturated carbocycles. The van der Waals surface area contributed by atoms with Gasteiger partial charge in [-0.1, -0.05) is 0 Å². The second-order valence-electron chi connectivity index (χ2n) is 4.04. The van der Waals surface area contributed by atoms with E-state index in [2.05, 4.69) is 36.2 Å². The number of halogens is 1. The van der Waals surface area contributed by atoms with Crippen LogP contribution in [0.3, 0.4) is 0 Å². The number of nitrogens with zero attached hydrogens (tertiary/aromatic N) is 4. The fraction of sp³-hybridized carbons (Fsp3) is 0.154. The maximum Gasteiger partial charge on any atom is 0.170 e. The molecule has 7 heteroatoms. The molecule has 20 heavy (non-hydrogen) atoms. The summed E-state index contributed by atoms with van der Waals surface area (Å²) in [6.45, 7) is 2.87. The predicted octanol–water partition coefficient (Wildman–Crippen LogP) is 3.47. The van der Waals surface area contributed by atoms with Crippen LogP contribution in [0.15, 0.2) is 51.4 Å². The van der Waals surface area contributed by atoms with Gasteiger partial charge in [0, 0.05) is 29.6 Å². The Morgan fingerprint density at radius 2 is 2.25 bits per heavy atom. The van der Waals surface area contributed by atoms with Gasteiger partial charge in [-0.25, -0.2) is 15.0 Å². The lowest BCUT2D eigenvalue weighted by atomic mass is 10.5. The van der Waals surface area contributed by atoms with Crippen LogP contribution in [-0.4, -0.2) is 25.9 Å². The minimum atomic E-state index is 0.827. The van der Waals surface area contributed by atoms with Gasteiger partial charge < -0.3 is 9.72 Å². The van der Waals surface area contributed by atoms with Crippen LogP contribution in [0, 0.1) is 0 Å². The van der Waals surface area contributed by atoms with Gasteiger partial charge in [-0.2, -0.15) is 0 Å². The SMILES string of the molecule is CCNc1cn2ccnc2c(Sc2ccc(Br)cn2)n1. The van der Waals surface area contributed by atoms with Crippen LogP contribution in [0.5, 0.6) is 0 Å². The van der Waals surface area contributed by atoms with Gasteiger partial charge in [0.05, 0.1) is 6.20 Å². The van der Waals surface area contributed by atoms with Crippen LogP contribution < -0.4 is 5.32 Å². The summed E-state index contributed by atoms with van der Waals surface area (Å²) in [4.78, 5) is 13.3. The molecule has 0 radical (unpaired) electrons. The highest BCUT2D eigenvalue weighted by Crippen LogP contribution is 2.29. The third-order valence-electron chi connectivity index (χ3n) is 2.60. The zero-order valence-corrected chi connectivity index (χ0v) is 13.1. The summed E-state index contributed by atoms with van der Waals surface area (Å²) in [5, 5.41) is 4.95. The number of pyridine rings is 1. The Morgan fingerprint density at radius 3 is 3.00 bits per heavy atom. The molecule has 3 rings (SSSR count). The average Bonchev–Trinajstić information content (AvgIpc) is 2.90. The summed E-state index contributed by atoms with van der Waals surface area (Å²) < 4.78 is 2.92. The molecule has 102 valence electrons. The summed E-state index contributed by atoms with van der Waals surface area (Å²) in [7, 11) is 0. The molecule has 0 spiro atoms. The summed E-state index contributed by atoms with van der Waals surface area (Å²) in [6.07, 6.45) is 7.40. The highest BCUT2D eigenvalue weighted by Gasteiger charge is 2.09. The van der Waals surface area contributed by atoms with Gasteiger partial charge in [0.25, 0.3) is 0 Å². The first kappa shape index (κ1) is 13.4. The fourth-order valence-corrected chi connectivity index (χ4v) is 2.83. The van der Waals surface area contributed by atoms with Crippen molar-refractivity contribution in [1.82, 2.24) is 19.4 Å². The molecule has 0 fully saturated rings. The van der Waals surface area contributed by atoms with Gasteiger partial charge in [0.1, 0.15) is 15.9 Å². The lowest BCUT2D eigenvalue weighted by Gasteiger charge is -2.07. The summed E-state index contributed by atoms with van der Waals surface area (Å²) in [6, 6.07) is 3.92. The van der Waals surface area contributed by atoms with Crippen molar-refractivity contribution in [2.24, 2.45) is 0 Å². The second-order valence-corrected chi connectivity index (χ2v) is 5.96. The molecule has 0 aliphatic carbocycles. The van der Waals surface area contributed by atoms with Crippen LogP contribution in [0.4, 0.5) is 5.82 Å². The van der Waals surface area contributed by atoms with Crippen molar-refractivity contribution >= 4 is 39.2 Å². The Balaban J connectivity index is 2.00. The lowest BCUT2D eigenvalue weighted by Crippen LogP contribution is -2.02. The van der Waals surface area contributed by atoms with E-state index in [9.17, 15) is 0 Å². The van der Waals surface area contributed by atoms with E-state index in [0.717, 1.165) is 32.5 Å². The van der Waals surface area contributed by atoms with Crippen LogP contribution in [0.1, 0.15) is 6.92 Å². The van der Waals surface area contributed by atoms with Gasteiger partial charge in [0.15, 0.2) is 5.65 Å². The Bertz CT molecular complexity index is 725. The third kappa shape index (κ3) is 2.78. The van der Waals surface area contributed by atoms with Crippen molar-refractivity contribution in [2.75, 3.05) is 11.9 Å². The fourth-order valence-electron chi connectivity index (χ4n) is 1.76. The Morgan fingerprint density at radius 1 is 1.35 bits per heavy atom. The highest BCUT2D eigenvalue weighted by atomic mass is 79.9. The first-order chi connectivity index (χ1) is 9.76. The van der Waals surface area contributed by atoms with Crippen molar-refractivity contribution in [2.45, 2.75) is 17.0 Å². The van der Waals surface area contributed by atoms with Gasteiger partial charge in [-0.3, -0.25) is 0 Å². The lowest BCUT2D eigenvalue weighted by molar-refractivity contribution is 1.01. The number of fused-ring (bicyclic) bond motifs is 1. The van der Waals surface area contributed by atoms with E-state index in [1.165, 1.54) is 11.8 Å². The van der Waals surface area contributed by atoms with Gasteiger partial charge in [-0.15, -0.1) is 0 Å². The number of aromatic nitrogens is 4. The van der Waals surface area contributed by atoms with E-state index in [-0.39, 0.29) is 0 Å². The van der Waals surface area contributed by atoms with Crippen molar-refractivity contribution in [3.05, 3.63) is 41.4 Å². The number of rotatable bonds is 4. The molecule has 3 aromatic heterocycles. The molecule has 0 unspecified atom stereocenters. The standard InChI is InChI=1S/C13H12BrN5S/c1-2-15-10-8-19-6-5-16-12(19)13(18-10)20-11-4-3-9(14)7-17-11/h3-8,15H,2H2,1H3. The Labute approximate surface area is 129 Å². The summed E-state index contributed by atoms with van der Waals surface area (Å²) in [5.41, 5.74) is 0.835. The normalized spacial score (nSPS) is 10.9. The summed E-state index contributed by atoms with van der Waals surface area (Å²) >= 11 is 4.89. The van der Waals surface area contributed by atoms with E-state index < -0.39 is 0 Å². The number of hydrogen-bond donors (Lipinski definition) is 1. The van der Waals surface area contributed by atoms with Crippen LogP contribution in [0.25, 0.3) is 5.65 Å². The number of anilines is 1. The van der Waals surface area contributed by atoms with Gasteiger partial charge in [-0.05, 0) is 46.7 Å². The maximum atomic E-state index is 4.60. The summed E-state index contributed by atoms with van der Waals surface area (Å²) in [5.74, 6) is 0.831. The zero-order valence-electron chi connectivity index (χ0n) is 10.7. The zero-order chi connectivity index (χ0) is 13.9. The van der Waals surface area contributed by atoms with Crippen molar-refractivity contribution in [1.29, 1.82) is 0 Å². The van der Waals surface area contributed by atoms with Crippen molar-refractivity contribution in [3.63, 3.8) is 0 Å². The number of imidazole rings is 1. The quantitative estimate of drug-likeness (QED) is 0.781. The molecule has 5 nitrogen and oxygen atoms in total. The van der Waals surface area contributed by atoms with Gasteiger partial charge >= 0.3 is 0 Å². The minimum absolute atomic E-state index is 0.827. The molecule has 0 aliphatic rings. The van der Waals surface area contributed by atoms with E-state index >= 15 is 0 Å². The molecule has 0 saturated heterocycles. The molecule has 0 aliphatic heterocycles. The monoisotopic (exact) mass is 349 g/mol. The maximum absolute atomic E-state index is 4.60. The molecular formula is C13H12BrN5S. The average molecular weight is 350 g/mol. The molecule has 0 amide bonds. The second kappa shape index (κ2) is 5.80. The van der Waals surface area contributed by atoms with E-state index in [0.29, 0.717) is 0 Å². The third-order valence-corrected chi connectivity index (χ3v) is 3.99. The van der Waals surface area contributed by atoms with Crippen LogP contribution in [0.2, 0.25) is 0 Å². The molecule has 1 N–H and O–H groups in total. The molecule has 3 heterocycles. The predicted molar refractivity (Wildman–Crippen MR) is 83.2 cm³/mol. The van der Waals surface area contributed by atoms with E-state index in [1.807, 2.05) is 35.9 Å². The molecule has 0 bridgehead atoms. The van der Waals surface area contributed by atoms with Crippen LogP contribution >= 0.6 is 27.7 Å². The smallest absolute Gasteiger partial charge is 0.170 e. The van der Waals surface area contributed by atoms with Crippen LogP contribution in [-0.2, 0) is 0 Å².